The maximum absolute atomic E-state index is 13.3. The first kappa shape index (κ1) is 12.7. The molecular formula is C11H9BrFN3O2. The highest BCUT2D eigenvalue weighted by Gasteiger charge is 2.11. The fourth-order valence-electron chi connectivity index (χ4n) is 1.38. The van der Waals surface area contributed by atoms with Crippen molar-refractivity contribution in [1.82, 2.24) is 14.8 Å². The molecule has 0 radical (unpaired) electrons. The quantitative estimate of drug-likeness (QED) is 0.813. The van der Waals surface area contributed by atoms with Crippen molar-refractivity contribution >= 4 is 21.9 Å². The number of halogens is 2. The van der Waals surface area contributed by atoms with Crippen LogP contribution in [0.2, 0.25) is 0 Å². The highest BCUT2D eigenvalue weighted by atomic mass is 79.9. The molecule has 5 nitrogen and oxygen atoms in total. The largest absolute Gasteiger partial charge is 0.463 e. The lowest BCUT2D eigenvalue weighted by molar-refractivity contribution is 0.0586. The molecular weight excluding hydrogens is 305 g/mol. The average Bonchev–Trinajstić information content (AvgIpc) is 2.81. The molecule has 0 bridgehead atoms. The summed E-state index contributed by atoms with van der Waals surface area (Å²) in [5, 5.41) is 3.93. The van der Waals surface area contributed by atoms with Crippen LogP contribution in [0.5, 0.6) is 0 Å². The maximum Gasteiger partial charge on any atom is 0.377 e. The Balaban J connectivity index is 2.16. The minimum absolute atomic E-state index is 0.0184. The van der Waals surface area contributed by atoms with Crippen LogP contribution in [0.3, 0.4) is 0 Å². The predicted octanol–water partition coefficient (Wildman–Crippen LogP) is 2.01. The van der Waals surface area contributed by atoms with Crippen LogP contribution in [0, 0.1) is 5.82 Å². The molecule has 0 spiro atoms. The van der Waals surface area contributed by atoms with Gasteiger partial charge in [0.05, 0.1) is 18.1 Å². The molecule has 0 unspecified atom stereocenters. The van der Waals surface area contributed by atoms with Crippen molar-refractivity contribution in [3.05, 3.63) is 46.2 Å². The SMILES string of the molecule is COC(=O)c1ncn(Cc2ccc(Br)c(F)c2)n1. The molecule has 2 aromatic rings. The van der Waals surface area contributed by atoms with E-state index in [1.54, 1.807) is 12.1 Å². The van der Waals surface area contributed by atoms with E-state index in [-0.39, 0.29) is 11.6 Å². The Morgan fingerprint density at radius 3 is 3.00 bits per heavy atom. The zero-order chi connectivity index (χ0) is 13.1. The molecule has 0 N–H and O–H groups in total. The fourth-order valence-corrected chi connectivity index (χ4v) is 1.63. The van der Waals surface area contributed by atoms with Crippen LogP contribution in [-0.2, 0) is 11.3 Å². The summed E-state index contributed by atoms with van der Waals surface area (Å²) < 4.78 is 19.6. The second-order valence-corrected chi connectivity index (χ2v) is 4.36. The van der Waals surface area contributed by atoms with Crippen molar-refractivity contribution in [3.63, 3.8) is 0 Å². The van der Waals surface area contributed by atoms with Crippen LogP contribution in [0.15, 0.2) is 29.0 Å². The molecule has 0 fully saturated rings. The van der Waals surface area contributed by atoms with Gasteiger partial charge in [0, 0.05) is 0 Å². The maximum atomic E-state index is 13.3. The van der Waals surface area contributed by atoms with Crippen LogP contribution in [0.1, 0.15) is 16.2 Å². The standard InChI is InChI=1S/C11H9BrFN3O2/c1-18-11(17)10-14-6-16(15-10)5-7-2-3-8(12)9(13)4-7/h2-4,6H,5H2,1H3. The topological polar surface area (TPSA) is 57.0 Å². The Labute approximate surface area is 111 Å². The Bertz CT molecular complexity index is 585. The summed E-state index contributed by atoms with van der Waals surface area (Å²) >= 11 is 3.08. The van der Waals surface area contributed by atoms with Crippen molar-refractivity contribution in [2.24, 2.45) is 0 Å². The minimum atomic E-state index is -0.601. The monoisotopic (exact) mass is 313 g/mol. The Hall–Kier alpha value is -1.76. The summed E-state index contributed by atoms with van der Waals surface area (Å²) in [5.41, 5.74) is 0.719. The molecule has 0 saturated carbocycles. The summed E-state index contributed by atoms with van der Waals surface area (Å²) in [5.74, 6) is -0.966. The number of nitrogens with zero attached hydrogens (tertiary/aromatic N) is 3. The molecule has 0 aliphatic carbocycles. The van der Waals surface area contributed by atoms with Crippen molar-refractivity contribution < 1.29 is 13.9 Å². The minimum Gasteiger partial charge on any atom is -0.463 e. The van der Waals surface area contributed by atoms with E-state index in [2.05, 4.69) is 30.7 Å². The second kappa shape index (κ2) is 5.26. The Morgan fingerprint density at radius 1 is 1.56 bits per heavy atom. The summed E-state index contributed by atoms with van der Waals surface area (Å²) in [6.07, 6.45) is 1.40. The van der Waals surface area contributed by atoms with Gasteiger partial charge in [-0.15, -0.1) is 5.10 Å². The zero-order valence-electron chi connectivity index (χ0n) is 9.43. The van der Waals surface area contributed by atoms with Gasteiger partial charge in [-0.3, -0.25) is 0 Å². The van der Waals surface area contributed by atoms with Crippen molar-refractivity contribution in [1.29, 1.82) is 0 Å². The first-order valence-corrected chi connectivity index (χ1v) is 5.81. The molecule has 18 heavy (non-hydrogen) atoms. The van der Waals surface area contributed by atoms with E-state index in [4.69, 9.17) is 0 Å². The molecule has 1 aromatic heterocycles. The zero-order valence-corrected chi connectivity index (χ0v) is 11.0. The number of hydrogen-bond acceptors (Lipinski definition) is 4. The van der Waals surface area contributed by atoms with Gasteiger partial charge in [-0.1, -0.05) is 6.07 Å². The van der Waals surface area contributed by atoms with Crippen LogP contribution < -0.4 is 0 Å². The molecule has 7 heteroatoms. The van der Waals surface area contributed by atoms with Gasteiger partial charge in [-0.05, 0) is 33.6 Å². The van der Waals surface area contributed by atoms with E-state index in [1.807, 2.05) is 0 Å². The van der Waals surface area contributed by atoms with Gasteiger partial charge < -0.3 is 4.74 Å². The van der Waals surface area contributed by atoms with E-state index < -0.39 is 5.97 Å². The number of aromatic nitrogens is 3. The predicted molar refractivity (Wildman–Crippen MR) is 64.6 cm³/mol. The molecule has 0 atom stereocenters. The van der Waals surface area contributed by atoms with Crippen LogP contribution >= 0.6 is 15.9 Å². The number of carbonyl (C=O) groups is 1. The van der Waals surface area contributed by atoms with Crippen LogP contribution in [0.4, 0.5) is 4.39 Å². The van der Waals surface area contributed by atoms with Crippen molar-refractivity contribution in [2.75, 3.05) is 7.11 Å². The summed E-state index contributed by atoms with van der Waals surface area (Å²) in [4.78, 5) is 14.9. The lowest BCUT2D eigenvalue weighted by Gasteiger charge is -2.02. The van der Waals surface area contributed by atoms with E-state index in [0.29, 0.717) is 11.0 Å². The van der Waals surface area contributed by atoms with Crippen molar-refractivity contribution in [3.8, 4) is 0 Å². The van der Waals surface area contributed by atoms with Crippen LogP contribution in [0.25, 0.3) is 0 Å². The third kappa shape index (κ3) is 2.73. The highest BCUT2D eigenvalue weighted by Crippen LogP contribution is 2.16. The van der Waals surface area contributed by atoms with Gasteiger partial charge in [-0.2, -0.15) is 0 Å². The fraction of sp³-hybridized carbons (Fsp3) is 0.182. The first-order valence-electron chi connectivity index (χ1n) is 5.02. The summed E-state index contributed by atoms with van der Waals surface area (Å²) in [6, 6.07) is 4.76. The summed E-state index contributed by atoms with van der Waals surface area (Å²) in [7, 11) is 1.26. The number of benzene rings is 1. The first-order chi connectivity index (χ1) is 8.60. The van der Waals surface area contributed by atoms with Gasteiger partial charge in [-0.25, -0.2) is 18.9 Å². The molecule has 2 rings (SSSR count). The summed E-state index contributed by atoms with van der Waals surface area (Å²) in [6.45, 7) is 0.328. The van der Waals surface area contributed by atoms with Gasteiger partial charge in [0.2, 0.25) is 0 Å². The molecule has 0 saturated heterocycles. The Morgan fingerprint density at radius 2 is 2.33 bits per heavy atom. The number of esters is 1. The van der Waals surface area contributed by atoms with E-state index in [0.717, 1.165) is 5.56 Å². The third-order valence-corrected chi connectivity index (χ3v) is 2.88. The number of methoxy groups -OCH3 is 1. The molecule has 0 aliphatic heterocycles. The van der Waals surface area contributed by atoms with Gasteiger partial charge in [0.1, 0.15) is 12.1 Å². The lowest BCUT2D eigenvalue weighted by Crippen LogP contribution is -2.06. The number of rotatable bonds is 3. The van der Waals surface area contributed by atoms with Crippen molar-refractivity contribution in [2.45, 2.75) is 6.54 Å². The van der Waals surface area contributed by atoms with Gasteiger partial charge in [0.25, 0.3) is 5.82 Å². The smallest absolute Gasteiger partial charge is 0.377 e. The normalized spacial score (nSPS) is 10.4. The lowest BCUT2D eigenvalue weighted by atomic mass is 10.2. The molecule has 1 aromatic carbocycles. The number of hydrogen-bond donors (Lipinski definition) is 0. The molecule has 94 valence electrons. The number of carbonyl (C=O) groups excluding carboxylic acids is 1. The Kier molecular flexibility index (Phi) is 3.71. The van der Waals surface area contributed by atoms with Gasteiger partial charge >= 0.3 is 5.97 Å². The second-order valence-electron chi connectivity index (χ2n) is 3.51. The molecule has 0 amide bonds. The third-order valence-electron chi connectivity index (χ3n) is 2.23. The van der Waals surface area contributed by atoms with Gasteiger partial charge in [0.15, 0.2) is 0 Å². The van der Waals surface area contributed by atoms with E-state index in [9.17, 15) is 9.18 Å². The number of ether oxygens (including phenoxy) is 1. The highest BCUT2D eigenvalue weighted by molar-refractivity contribution is 9.10. The molecule has 0 aliphatic rings. The van der Waals surface area contributed by atoms with E-state index in [1.165, 1.54) is 24.2 Å². The average molecular weight is 314 g/mol. The molecule has 1 heterocycles. The van der Waals surface area contributed by atoms with E-state index >= 15 is 0 Å². The van der Waals surface area contributed by atoms with Crippen LogP contribution in [-0.4, -0.2) is 27.8 Å².